The van der Waals surface area contributed by atoms with Crippen molar-refractivity contribution in [3.05, 3.63) is 57.6 Å². The summed E-state index contributed by atoms with van der Waals surface area (Å²) in [5.41, 5.74) is 2.25. The number of benzene rings is 2. The molecule has 0 spiro atoms. The standard InChI is InChI=1S/C16H16Cl2N2O2/c1-10-7-14(15(22-2)8-13(10)18)20-16(21)19-9-11-5-3-4-6-12(11)17/h3-8H,9H2,1-2H3,(H2,19,20,21). The highest BCUT2D eigenvalue weighted by Crippen LogP contribution is 2.30. The average molecular weight is 339 g/mol. The lowest BCUT2D eigenvalue weighted by Gasteiger charge is -2.13. The van der Waals surface area contributed by atoms with Crippen molar-refractivity contribution in [2.45, 2.75) is 13.5 Å². The summed E-state index contributed by atoms with van der Waals surface area (Å²) in [6.07, 6.45) is 0. The minimum atomic E-state index is -0.347. The number of anilines is 1. The first-order valence-corrected chi connectivity index (χ1v) is 7.39. The molecular weight excluding hydrogens is 323 g/mol. The molecule has 2 rings (SSSR count). The molecule has 0 aliphatic carbocycles. The van der Waals surface area contributed by atoms with Crippen LogP contribution >= 0.6 is 23.2 Å². The van der Waals surface area contributed by atoms with Gasteiger partial charge in [-0.3, -0.25) is 0 Å². The van der Waals surface area contributed by atoms with Crippen LogP contribution < -0.4 is 15.4 Å². The number of hydrogen-bond donors (Lipinski definition) is 2. The van der Waals surface area contributed by atoms with Gasteiger partial charge in [0.2, 0.25) is 0 Å². The molecule has 4 nitrogen and oxygen atoms in total. The van der Waals surface area contributed by atoms with Gasteiger partial charge in [-0.1, -0.05) is 41.4 Å². The van der Waals surface area contributed by atoms with Gasteiger partial charge in [-0.2, -0.15) is 0 Å². The average Bonchev–Trinajstić information content (AvgIpc) is 2.50. The molecule has 0 aliphatic heterocycles. The van der Waals surface area contributed by atoms with Crippen molar-refractivity contribution in [2.24, 2.45) is 0 Å². The predicted molar refractivity (Wildman–Crippen MR) is 90.1 cm³/mol. The van der Waals surface area contributed by atoms with Gasteiger partial charge in [-0.05, 0) is 30.2 Å². The quantitative estimate of drug-likeness (QED) is 0.853. The van der Waals surface area contributed by atoms with Crippen molar-refractivity contribution >= 4 is 34.9 Å². The highest BCUT2D eigenvalue weighted by molar-refractivity contribution is 6.31. The molecule has 22 heavy (non-hydrogen) atoms. The normalized spacial score (nSPS) is 10.2. The van der Waals surface area contributed by atoms with Crippen molar-refractivity contribution in [3.63, 3.8) is 0 Å². The Morgan fingerprint density at radius 2 is 1.91 bits per heavy atom. The molecule has 2 aromatic carbocycles. The summed E-state index contributed by atoms with van der Waals surface area (Å²) in [7, 11) is 1.52. The molecule has 0 radical (unpaired) electrons. The molecule has 2 aromatic rings. The summed E-state index contributed by atoms with van der Waals surface area (Å²) in [6.45, 7) is 2.19. The van der Waals surface area contributed by atoms with E-state index >= 15 is 0 Å². The molecule has 116 valence electrons. The second kappa shape index (κ2) is 7.38. The van der Waals surface area contributed by atoms with E-state index in [1.54, 1.807) is 18.2 Å². The van der Waals surface area contributed by atoms with Crippen LogP contribution in [-0.4, -0.2) is 13.1 Å². The fourth-order valence-electron chi connectivity index (χ4n) is 1.91. The zero-order chi connectivity index (χ0) is 16.1. The molecular formula is C16H16Cl2N2O2. The number of rotatable bonds is 4. The number of methoxy groups -OCH3 is 1. The minimum Gasteiger partial charge on any atom is -0.495 e. The Hall–Kier alpha value is -1.91. The Labute approximate surface area is 139 Å². The maximum atomic E-state index is 12.0. The van der Waals surface area contributed by atoms with Gasteiger partial charge < -0.3 is 15.4 Å². The van der Waals surface area contributed by atoms with Crippen LogP contribution in [0.2, 0.25) is 10.0 Å². The van der Waals surface area contributed by atoms with E-state index in [1.807, 2.05) is 25.1 Å². The van der Waals surface area contributed by atoms with Crippen LogP contribution in [0.4, 0.5) is 10.5 Å². The lowest BCUT2D eigenvalue weighted by atomic mass is 10.2. The first kappa shape index (κ1) is 16.5. The van der Waals surface area contributed by atoms with Crippen molar-refractivity contribution < 1.29 is 9.53 Å². The third-order valence-corrected chi connectivity index (χ3v) is 3.90. The van der Waals surface area contributed by atoms with Crippen molar-refractivity contribution in [3.8, 4) is 5.75 Å². The summed E-state index contributed by atoms with van der Waals surface area (Å²) in [6, 6.07) is 10.4. The number of nitrogens with one attached hydrogen (secondary N) is 2. The second-order valence-electron chi connectivity index (χ2n) is 4.70. The van der Waals surface area contributed by atoms with Crippen LogP contribution in [0.1, 0.15) is 11.1 Å². The van der Waals surface area contributed by atoms with Crippen LogP contribution in [0.5, 0.6) is 5.75 Å². The zero-order valence-corrected chi connectivity index (χ0v) is 13.8. The largest absolute Gasteiger partial charge is 0.495 e. The Morgan fingerprint density at radius 1 is 1.18 bits per heavy atom. The first-order chi connectivity index (χ1) is 10.5. The number of carbonyl (C=O) groups excluding carboxylic acids is 1. The topological polar surface area (TPSA) is 50.4 Å². The first-order valence-electron chi connectivity index (χ1n) is 6.63. The van der Waals surface area contributed by atoms with E-state index in [-0.39, 0.29) is 6.03 Å². The molecule has 6 heteroatoms. The van der Waals surface area contributed by atoms with Crippen LogP contribution in [-0.2, 0) is 6.54 Å². The molecule has 0 aliphatic rings. The Bertz CT molecular complexity index is 690. The number of hydrogen-bond acceptors (Lipinski definition) is 2. The van der Waals surface area contributed by atoms with Crippen LogP contribution in [0, 0.1) is 6.92 Å². The van der Waals surface area contributed by atoms with Gasteiger partial charge in [0.15, 0.2) is 0 Å². The van der Waals surface area contributed by atoms with E-state index in [0.29, 0.717) is 28.0 Å². The summed E-state index contributed by atoms with van der Waals surface area (Å²) in [4.78, 5) is 12.0. The second-order valence-corrected chi connectivity index (χ2v) is 5.52. The number of ether oxygens (including phenoxy) is 1. The molecule has 0 unspecified atom stereocenters. The number of halogens is 2. The van der Waals surface area contributed by atoms with E-state index in [2.05, 4.69) is 10.6 Å². The van der Waals surface area contributed by atoms with Crippen LogP contribution in [0.15, 0.2) is 36.4 Å². The van der Waals surface area contributed by atoms with E-state index < -0.39 is 0 Å². The molecule has 2 N–H and O–H groups in total. The van der Waals surface area contributed by atoms with E-state index in [4.69, 9.17) is 27.9 Å². The van der Waals surface area contributed by atoms with Gasteiger partial charge >= 0.3 is 6.03 Å². The number of aryl methyl sites for hydroxylation is 1. The summed E-state index contributed by atoms with van der Waals surface area (Å²) < 4.78 is 5.22. The summed E-state index contributed by atoms with van der Waals surface area (Å²) in [5.74, 6) is 0.503. The van der Waals surface area contributed by atoms with Crippen LogP contribution in [0.25, 0.3) is 0 Å². The number of urea groups is 1. The fourth-order valence-corrected chi connectivity index (χ4v) is 2.27. The Kier molecular flexibility index (Phi) is 5.52. The predicted octanol–water partition coefficient (Wildman–Crippen LogP) is 4.63. The van der Waals surface area contributed by atoms with Gasteiger partial charge in [-0.15, -0.1) is 0 Å². The number of amides is 2. The van der Waals surface area contributed by atoms with Crippen molar-refractivity contribution in [1.82, 2.24) is 5.32 Å². The maximum absolute atomic E-state index is 12.0. The molecule has 0 fully saturated rings. The van der Waals surface area contributed by atoms with Gasteiger partial charge in [0.1, 0.15) is 5.75 Å². The molecule has 0 saturated heterocycles. The SMILES string of the molecule is COc1cc(Cl)c(C)cc1NC(=O)NCc1ccccc1Cl. The molecule has 0 heterocycles. The smallest absolute Gasteiger partial charge is 0.319 e. The third kappa shape index (κ3) is 4.06. The number of carbonyl (C=O) groups is 1. The van der Waals surface area contributed by atoms with Crippen molar-refractivity contribution in [2.75, 3.05) is 12.4 Å². The van der Waals surface area contributed by atoms with E-state index in [9.17, 15) is 4.79 Å². The van der Waals surface area contributed by atoms with Gasteiger partial charge in [0.05, 0.1) is 12.8 Å². The van der Waals surface area contributed by atoms with E-state index in [0.717, 1.165) is 11.1 Å². The van der Waals surface area contributed by atoms with Gasteiger partial charge in [0.25, 0.3) is 0 Å². The highest BCUT2D eigenvalue weighted by Gasteiger charge is 2.10. The molecule has 0 aromatic heterocycles. The molecule has 0 atom stereocenters. The monoisotopic (exact) mass is 338 g/mol. The molecule has 2 amide bonds. The Morgan fingerprint density at radius 3 is 2.59 bits per heavy atom. The minimum absolute atomic E-state index is 0.334. The lowest BCUT2D eigenvalue weighted by Crippen LogP contribution is -2.28. The molecule has 0 bridgehead atoms. The van der Waals surface area contributed by atoms with Gasteiger partial charge in [-0.25, -0.2) is 4.79 Å². The zero-order valence-electron chi connectivity index (χ0n) is 12.2. The maximum Gasteiger partial charge on any atom is 0.319 e. The lowest BCUT2D eigenvalue weighted by molar-refractivity contribution is 0.251. The summed E-state index contributed by atoms with van der Waals surface area (Å²) >= 11 is 12.1. The fraction of sp³-hybridized carbons (Fsp3) is 0.188. The Balaban J connectivity index is 2.03. The molecule has 0 saturated carbocycles. The van der Waals surface area contributed by atoms with Gasteiger partial charge in [0, 0.05) is 22.7 Å². The van der Waals surface area contributed by atoms with Crippen LogP contribution in [0.3, 0.4) is 0 Å². The summed E-state index contributed by atoms with van der Waals surface area (Å²) in [5, 5.41) is 6.69. The van der Waals surface area contributed by atoms with E-state index in [1.165, 1.54) is 7.11 Å². The van der Waals surface area contributed by atoms with Crippen molar-refractivity contribution in [1.29, 1.82) is 0 Å². The third-order valence-electron chi connectivity index (χ3n) is 3.13. The highest BCUT2D eigenvalue weighted by atomic mass is 35.5.